The Kier molecular flexibility index (Phi) is 8.12. The first kappa shape index (κ1) is 20.9. The quantitative estimate of drug-likeness (QED) is 0.786. The lowest BCUT2D eigenvalue weighted by Gasteiger charge is -2.21. The maximum absolute atomic E-state index is 13.2. The highest BCUT2D eigenvalue weighted by molar-refractivity contribution is 7.88. The maximum atomic E-state index is 13.2. The van der Waals surface area contributed by atoms with Crippen LogP contribution in [0.2, 0.25) is 5.02 Å². The third-order valence-corrected chi connectivity index (χ3v) is 5.39. The Morgan fingerprint density at radius 1 is 1.08 bits per heavy atom. The molecule has 2 rings (SSSR count). The van der Waals surface area contributed by atoms with Crippen molar-refractivity contribution in [2.24, 2.45) is 5.73 Å². The Morgan fingerprint density at radius 3 is 2.33 bits per heavy atom. The van der Waals surface area contributed by atoms with Crippen molar-refractivity contribution in [3.8, 4) is 0 Å². The van der Waals surface area contributed by atoms with E-state index in [0.29, 0.717) is 5.56 Å². The molecule has 0 spiro atoms. The fourth-order valence-corrected chi connectivity index (χ4v) is 3.89. The van der Waals surface area contributed by atoms with E-state index in [1.807, 2.05) is 30.3 Å². The normalized spacial score (nSPS) is 11.3. The Labute approximate surface area is 152 Å². The smallest absolute Gasteiger partial charge is 0.218 e. The van der Waals surface area contributed by atoms with Gasteiger partial charge in [0.25, 0.3) is 0 Å². The number of benzene rings is 2. The van der Waals surface area contributed by atoms with Gasteiger partial charge in [0.05, 0.1) is 10.8 Å². The number of sulfonamides is 1. The zero-order chi connectivity index (χ0) is 16.9. The summed E-state index contributed by atoms with van der Waals surface area (Å²) in [5, 5.41) is -0.0915. The summed E-state index contributed by atoms with van der Waals surface area (Å²) in [5.41, 5.74) is 6.85. The molecule has 24 heavy (non-hydrogen) atoms. The highest BCUT2D eigenvalue weighted by Crippen LogP contribution is 2.20. The minimum atomic E-state index is -3.59. The van der Waals surface area contributed by atoms with Crippen molar-refractivity contribution in [1.29, 1.82) is 0 Å². The highest BCUT2D eigenvalue weighted by atomic mass is 35.5. The molecule has 0 aliphatic rings. The first-order valence-corrected chi connectivity index (χ1v) is 9.07. The monoisotopic (exact) mass is 392 g/mol. The largest absolute Gasteiger partial charge is 0.329 e. The first-order chi connectivity index (χ1) is 10.9. The Bertz CT molecular complexity index is 758. The van der Waals surface area contributed by atoms with E-state index in [1.165, 1.54) is 16.4 Å². The molecule has 2 aromatic rings. The molecule has 132 valence electrons. The molecule has 0 heterocycles. The Morgan fingerprint density at radius 2 is 1.75 bits per heavy atom. The molecule has 8 heteroatoms. The Hall–Kier alpha value is -1.18. The van der Waals surface area contributed by atoms with Gasteiger partial charge in [-0.3, -0.25) is 0 Å². The predicted molar refractivity (Wildman–Crippen MR) is 97.2 cm³/mol. The summed E-state index contributed by atoms with van der Waals surface area (Å²) < 4.78 is 39.8. The zero-order valence-electron chi connectivity index (χ0n) is 12.9. The van der Waals surface area contributed by atoms with E-state index in [9.17, 15) is 12.8 Å². The van der Waals surface area contributed by atoms with E-state index in [-0.39, 0.29) is 42.8 Å². The highest BCUT2D eigenvalue weighted by Gasteiger charge is 2.22. The molecule has 2 N–H and O–H groups in total. The van der Waals surface area contributed by atoms with Gasteiger partial charge in [0.2, 0.25) is 10.0 Å². The SMILES string of the molecule is Cl.NCCN(Cc1ccccc1)S(=O)(=O)Cc1ccc(F)c(Cl)c1. The third kappa shape index (κ3) is 5.72. The summed E-state index contributed by atoms with van der Waals surface area (Å²) in [6.45, 7) is 0.678. The lowest BCUT2D eigenvalue weighted by molar-refractivity contribution is 0.413. The van der Waals surface area contributed by atoms with E-state index >= 15 is 0 Å². The molecule has 2 aromatic carbocycles. The van der Waals surface area contributed by atoms with Crippen molar-refractivity contribution in [2.75, 3.05) is 13.1 Å². The van der Waals surface area contributed by atoms with Crippen LogP contribution in [0.25, 0.3) is 0 Å². The second-order valence-corrected chi connectivity index (χ2v) is 7.49. The molecule has 0 aliphatic carbocycles. The lowest BCUT2D eigenvalue weighted by atomic mass is 10.2. The zero-order valence-corrected chi connectivity index (χ0v) is 15.2. The van der Waals surface area contributed by atoms with Gasteiger partial charge in [-0.25, -0.2) is 12.8 Å². The molecule has 0 bridgehead atoms. The molecule has 0 aromatic heterocycles. The van der Waals surface area contributed by atoms with Crippen LogP contribution in [0, 0.1) is 5.82 Å². The average Bonchev–Trinajstić information content (AvgIpc) is 2.51. The molecule has 0 saturated carbocycles. The van der Waals surface area contributed by atoms with Crippen LogP contribution in [0.4, 0.5) is 4.39 Å². The predicted octanol–water partition coefficient (Wildman–Crippen LogP) is 3.19. The van der Waals surface area contributed by atoms with Gasteiger partial charge in [-0.05, 0) is 23.3 Å². The fourth-order valence-electron chi connectivity index (χ4n) is 2.18. The second-order valence-electron chi connectivity index (χ2n) is 5.11. The van der Waals surface area contributed by atoms with Crippen molar-refractivity contribution in [3.05, 3.63) is 70.5 Å². The van der Waals surface area contributed by atoms with Crippen LogP contribution in [0.1, 0.15) is 11.1 Å². The molecule has 0 amide bonds. The van der Waals surface area contributed by atoms with Crippen LogP contribution in [-0.4, -0.2) is 25.8 Å². The van der Waals surface area contributed by atoms with E-state index in [1.54, 1.807) is 0 Å². The number of halogens is 3. The van der Waals surface area contributed by atoms with Gasteiger partial charge >= 0.3 is 0 Å². The molecule has 0 fully saturated rings. The van der Waals surface area contributed by atoms with E-state index < -0.39 is 15.8 Å². The van der Waals surface area contributed by atoms with Crippen molar-refractivity contribution >= 4 is 34.0 Å². The summed E-state index contributed by atoms with van der Waals surface area (Å²) in [5.74, 6) is -0.823. The molecule has 0 aliphatic heterocycles. The molecular weight excluding hydrogens is 374 g/mol. The van der Waals surface area contributed by atoms with Gasteiger partial charge in [0.1, 0.15) is 5.82 Å². The van der Waals surface area contributed by atoms with E-state index in [2.05, 4.69) is 0 Å². The number of rotatable bonds is 7. The van der Waals surface area contributed by atoms with E-state index in [0.717, 1.165) is 11.6 Å². The summed E-state index contributed by atoms with van der Waals surface area (Å²) in [6.07, 6.45) is 0. The number of hydrogen-bond donors (Lipinski definition) is 1. The van der Waals surface area contributed by atoms with Gasteiger partial charge in [0, 0.05) is 19.6 Å². The number of hydrogen-bond acceptors (Lipinski definition) is 3. The molecule has 4 nitrogen and oxygen atoms in total. The second kappa shape index (κ2) is 9.34. The standard InChI is InChI=1S/C16H18ClFN2O2S.ClH/c17-15-10-14(6-7-16(15)18)12-23(21,22)20(9-8-19)11-13-4-2-1-3-5-13;/h1-7,10H,8-9,11-12,19H2;1H. The van der Waals surface area contributed by atoms with Crippen molar-refractivity contribution in [2.45, 2.75) is 12.3 Å². The van der Waals surface area contributed by atoms with Crippen LogP contribution >= 0.6 is 24.0 Å². The van der Waals surface area contributed by atoms with Crippen LogP contribution in [0.5, 0.6) is 0 Å². The van der Waals surface area contributed by atoms with Crippen molar-refractivity contribution in [1.82, 2.24) is 4.31 Å². The lowest BCUT2D eigenvalue weighted by Crippen LogP contribution is -2.35. The number of nitrogens with two attached hydrogens (primary N) is 1. The molecule has 0 atom stereocenters. The number of nitrogens with zero attached hydrogens (tertiary/aromatic N) is 1. The van der Waals surface area contributed by atoms with Crippen molar-refractivity contribution < 1.29 is 12.8 Å². The first-order valence-electron chi connectivity index (χ1n) is 7.08. The van der Waals surface area contributed by atoms with Gasteiger partial charge in [-0.15, -0.1) is 12.4 Å². The third-order valence-electron chi connectivity index (χ3n) is 3.31. The average molecular weight is 393 g/mol. The van der Waals surface area contributed by atoms with Crippen LogP contribution in [0.3, 0.4) is 0 Å². The minimum absolute atomic E-state index is 0. The molecule has 0 radical (unpaired) electrons. The van der Waals surface area contributed by atoms with Gasteiger partial charge in [-0.1, -0.05) is 48.0 Å². The van der Waals surface area contributed by atoms with Gasteiger partial charge < -0.3 is 5.73 Å². The molecule has 0 unspecified atom stereocenters. The van der Waals surface area contributed by atoms with Gasteiger partial charge in [0.15, 0.2) is 0 Å². The molecular formula is C16H19Cl2FN2O2S. The van der Waals surface area contributed by atoms with Crippen LogP contribution in [0.15, 0.2) is 48.5 Å². The topological polar surface area (TPSA) is 63.4 Å². The van der Waals surface area contributed by atoms with Crippen LogP contribution in [-0.2, 0) is 22.3 Å². The molecule has 0 saturated heterocycles. The summed E-state index contributed by atoms with van der Waals surface area (Å²) in [4.78, 5) is 0. The summed E-state index contributed by atoms with van der Waals surface area (Å²) in [7, 11) is -3.59. The van der Waals surface area contributed by atoms with Gasteiger partial charge in [-0.2, -0.15) is 4.31 Å². The van der Waals surface area contributed by atoms with Crippen molar-refractivity contribution in [3.63, 3.8) is 0 Å². The summed E-state index contributed by atoms with van der Waals surface area (Å²) in [6, 6.07) is 13.2. The van der Waals surface area contributed by atoms with E-state index in [4.69, 9.17) is 17.3 Å². The summed E-state index contributed by atoms with van der Waals surface area (Å²) >= 11 is 5.71. The fraction of sp³-hybridized carbons (Fsp3) is 0.250. The van der Waals surface area contributed by atoms with Crippen LogP contribution < -0.4 is 5.73 Å². The maximum Gasteiger partial charge on any atom is 0.218 e. The minimum Gasteiger partial charge on any atom is -0.329 e. The Balaban J connectivity index is 0.00000288.